The van der Waals surface area contributed by atoms with Crippen LogP contribution in [0.4, 0.5) is 4.79 Å². The van der Waals surface area contributed by atoms with Gasteiger partial charge in [-0.3, -0.25) is 9.69 Å². The third kappa shape index (κ3) is 6.15. The lowest BCUT2D eigenvalue weighted by atomic mass is 10.2. The van der Waals surface area contributed by atoms with E-state index in [1.54, 1.807) is 35.4 Å². The molecule has 2 heterocycles. The Morgan fingerprint density at radius 2 is 1.74 bits per heavy atom. The van der Waals surface area contributed by atoms with Gasteiger partial charge in [-0.1, -0.05) is 29.3 Å². The summed E-state index contributed by atoms with van der Waals surface area (Å²) in [6.07, 6.45) is 1.34. The molecule has 31 heavy (non-hydrogen) atoms. The quantitative estimate of drug-likeness (QED) is 0.736. The number of halogens is 2. The highest BCUT2D eigenvalue weighted by atomic mass is 35.5. The normalized spacial score (nSPS) is 15.2. The number of hydrogen-bond donors (Lipinski definition) is 1. The lowest BCUT2D eigenvalue weighted by Gasteiger charge is -2.35. The zero-order valence-electron chi connectivity index (χ0n) is 17.9. The van der Waals surface area contributed by atoms with Crippen molar-refractivity contribution in [3.05, 3.63) is 62.0 Å². The first-order valence-corrected chi connectivity index (χ1v) is 10.8. The molecule has 0 bridgehead atoms. The second-order valence-electron chi connectivity index (χ2n) is 8.61. The van der Waals surface area contributed by atoms with Crippen LogP contribution in [0.3, 0.4) is 0 Å². The molecule has 1 aliphatic heterocycles. The van der Waals surface area contributed by atoms with Crippen LogP contribution in [-0.2, 0) is 17.8 Å². The van der Waals surface area contributed by atoms with Crippen molar-refractivity contribution in [3.8, 4) is 5.75 Å². The Hall–Kier alpha value is -2.22. The predicted molar refractivity (Wildman–Crippen MR) is 121 cm³/mol. The molecule has 1 aromatic heterocycles. The van der Waals surface area contributed by atoms with E-state index in [0.717, 1.165) is 5.56 Å². The largest absolute Gasteiger partial charge is 0.503 e. The van der Waals surface area contributed by atoms with Crippen LogP contribution in [0.15, 0.2) is 35.3 Å². The Kier molecular flexibility index (Phi) is 7.19. The van der Waals surface area contributed by atoms with Gasteiger partial charge in [-0.25, -0.2) is 4.79 Å². The molecule has 1 aromatic carbocycles. The van der Waals surface area contributed by atoms with Gasteiger partial charge in [-0.05, 0) is 44.5 Å². The highest BCUT2D eigenvalue weighted by Gasteiger charge is 2.26. The number of hydrogen-bond acceptors (Lipinski definition) is 5. The number of carbonyl (C=O) groups excluding carboxylic acids is 1. The van der Waals surface area contributed by atoms with Gasteiger partial charge in [0.1, 0.15) is 5.60 Å². The number of aromatic nitrogens is 1. The van der Waals surface area contributed by atoms with Crippen LogP contribution < -0.4 is 5.56 Å². The average Bonchev–Trinajstić information content (AvgIpc) is 2.69. The molecule has 0 atom stereocenters. The van der Waals surface area contributed by atoms with Gasteiger partial charge in [0.15, 0.2) is 5.75 Å². The van der Waals surface area contributed by atoms with Crippen molar-refractivity contribution in [1.82, 2.24) is 14.4 Å². The maximum absolute atomic E-state index is 12.6. The number of piperazine rings is 1. The molecule has 2 aromatic rings. The average molecular weight is 468 g/mol. The minimum atomic E-state index is -0.526. The molecule has 0 unspecified atom stereocenters. The predicted octanol–water partition coefficient (Wildman–Crippen LogP) is 3.96. The molecular formula is C22H27Cl2N3O4. The molecule has 1 amide bonds. The Bertz CT molecular complexity index is 1010. The standard InChI is InChI=1S/C22H27Cl2N3O4/c1-22(2,3)31-21(30)26-10-8-25(9-11-26)14-16-6-7-27(20(29)19(16)28)13-15-4-5-17(23)18(24)12-15/h4-7,12,28H,8-11,13-14H2,1-3H3. The van der Waals surface area contributed by atoms with Crippen molar-refractivity contribution in [2.24, 2.45) is 0 Å². The molecule has 0 radical (unpaired) electrons. The summed E-state index contributed by atoms with van der Waals surface area (Å²) >= 11 is 12.0. The van der Waals surface area contributed by atoms with Gasteiger partial charge < -0.3 is 19.3 Å². The molecule has 0 aliphatic carbocycles. The summed E-state index contributed by atoms with van der Waals surface area (Å²) in [6, 6.07) is 6.91. The molecule has 1 saturated heterocycles. The molecule has 3 rings (SSSR count). The van der Waals surface area contributed by atoms with Crippen molar-refractivity contribution in [2.45, 2.75) is 39.5 Å². The molecule has 168 valence electrons. The Labute approximate surface area is 191 Å². The molecular weight excluding hydrogens is 441 g/mol. The highest BCUT2D eigenvalue weighted by molar-refractivity contribution is 6.42. The van der Waals surface area contributed by atoms with Crippen LogP contribution in [0.25, 0.3) is 0 Å². The summed E-state index contributed by atoms with van der Waals surface area (Å²) in [5, 5.41) is 11.3. The van der Waals surface area contributed by atoms with Crippen LogP contribution >= 0.6 is 23.2 Å². The van der Waals surface area contributed by atoms with E-state index in [0.29, 0.717) is 48.3 Å². The Balaban J connectivity index is 1.62. The third-order valence-electron chi connectivity index (χ3n) is 4.98. The molecule has 0 spiro atoms. The second-order valence-corrected chi connectivity index (χ2v) is 9.43. The van der Waals surface area contributed by atoms with Gasteiger partial charge >= 0.3 is 6.09 Å². The SMILES string of the molecule is CC(C)(C)OC(=O)N1CCN(Cc2ccn(Cc3ccc(Cl)c(Cl)c3)c(=O)c2O)CC1. The Morgan fingerprint density at radius 1 is 1.06 bits per heavy atom. The van der Waals surface area contributed by atoms with E-state index in [2.05, 4.69) is 4.90 Å². The first kappa shape index (κ1) is 23.4. The highest BCUT2D eigenvalue weighted by Crippen LogP contribution is 2.23. The smallest absolute Gasteiger partial charge is 0.410 e. The van der Waals surface area contributed by atoms with Gasteiger partial charge in [0, 0.05) is 44.5 Å². The summed E-state index contributed by atoms with van der Waals surface area (Å²) in [5.41, 5.74) is 0.375. The van der Waals surface area contributed by atoms with Crippen molar-refractivity contribution in [2.75, 3.05) is 26.2 Å². The topological polar surface area (TPSA) is 75.0 Å². The van der Waals surface area contributed by atoms with Crippen LogP contribution in [0.5, 0.6) is 5.75 Å². The summed E-state index contributed by atoms with van der Waals surface area (Å²) < 4.78 is 6.84. The molecule has 9 heteroatoms. The first-order chi connectivity index (χ1) is 14.5. The van der Waals surface area contributed by atoms with Crippen molar-refractivity contribution < 1.29 is 14.6 Å². The molecule has 0 saturated carbocycles. The van der Waals surface area contributed by atoms with Crippen LogP contribution in [0.1, 0.15) is 31.9 Å². The first-order valence-electron chi connectivity index (χ1n) is 10.1. The van der Waals surface area contributed by atoms with E-state index >= 15 is 0 Å². The summed E-state index contributed by atoms with van der Waals surface area (Å²) in [7, 11) is 0. The van der Waals surface area contributed by atoms with E-state index < -0.39 is 11.2 Å². The fraction of sp³-hybridized carbons (Fsp3) is 0.455. The number of amides is 1. The summed E-state index contributed by atoms with van der Waals surface area (Å²) in [5.74, 6) is -0.267. The number of benzene rings is 1. The third-order valence-corrected chi connectivity index (χ3v) is 5.72. The van der Waals surface area contributed by atoms with E-state index in [1.807, 2.05) is 20.8 Å². The Morgan fingerprint density at radius 3 is 2.35 bits per heavy atom. The van der Waals surface area contributed by atoms with E-state index in [9.17, 15) is 14.7 Å². The second kappa shape index (κ2) is 9.51. The monoisotopic (exact) mass is 467 g/mol. The summed E-state index contributed by atoms with van der Waals surface area (Å²) in [4.78, 5) is 28.6. The molecule has 1 aliphatic rings. The van der Waals surface area contributed by atoms with Crippen LogP contribution in [0, 0.1) is 0 Å². The fourth-order valence-electron chi connectivity index (χ4n) is 3.34. The molecule has 7 nitrogen and oxygen atoms in total. The van der Waals surface area contributed by atoms with Crippen LogP contribution in [0.2, 0.25) is 10.0 Å². The minimum absolute atomic E-state index is 0.267. The van der Waals surface area contributed by atoms with Crippen molar-refractivity contribution >= 4 is 29.3 Å². The lowest BCUT2D eigenvalue weighted by Crippen LogP contribution is -2.49. The number of ether oxygens (including phenoxy) is 1. The maximum atomic E-state index is 12.6. The van der Waals surface area contributed by atoms with Gasteiger partial charge in [-0.15, -0.1) is 0 Å². The van der Waals surface area contributed by atoms with Crippen molar-refractivity contribution in [1.29, 1.82) is 0 Å². The van der Waals surface area contributed by atoms with E-state index in [-0.39, 0.29) is 18.4 Å². The zero-order chi connectivity index (χ0) is 22.8. The fourth-order valence-corrected chi connectivity index (χ4v) is 3.66. The van der Waals surface area contributed by atoms with E-state index in [1.165, 1.54) is 4.57 Å². The van der Waals surface area contributed by atoms with Crippen molar-refractivity contribution in [3.63, 3.8) is 0 Å². The number of aromatic hydroxyl groups is 1. The van der Waals surface area contributed by atoms with Gasteiger partial charge in [0.25, 0.3) is 5.56 Å². The number of carbonyl (C=O) groups is 1. The summed E-state index contributed by atoms with van der Waals surface area (Å²) in [6.45, 7) is 8.55. The van der Waals surface area contributed by atoms with Crippen LogP contribution in [-0.4, -0.2) is 57.3 Å². The molecule has 1 fully saturated rings. The van der Waals surface area contributed by atoms with Gasteiger partial charge in [0.05, 0.1) is 16.6 Å². The van der Waals surface area contributed by atoms with E-state index in [4.69, 9.17) is 27.9 Å². The number of pyridine rings is 1. The zero-order valence-corrected chi connectivity index (χ0v) is 19.4. The van der Waals surface area contributed by atoms with Gasteiger partial charge in [-0.2, -0.15) is 0 Å². The van der Waals surface area contributed by atoms with Gasteiger partial charge in [0.2, 0.25) is 0 Å². The lowest BCUT2D eigenvalue weighted by molar-refractivity contribution is 0.0138. The minimum Gasteiger partial charge on any atom is -0.503 e. The number of rotatable bonds is 4. The maximum Gasteiger partial charge on any atom is 0.410 e. The number of nitrogens with zero attached hydrogens (tertiary/aromatic N) is 3. The molecule has 1 N–H and O–H groups in total.